The molecule has 2 N–H and O–H groups in total. The first-order valence-corrected chi connectivity index (χ1v) is 5.60. The molecule has 1 fully saturated rings. The first-order chi connectivity index (χ1) is 7.63. The van der Waals surface area contributed by atoms with Gasteiger partial charge in [0.2, 0.25) is 0 Å². The van der Waals surface area contributed by atoms with E-state index in [1.54, 1.807) is 7.11 Å². The van der Waals surface area contributed by atoms with Gasteiger partial charge in [-0.1, -0.05) is 12.1 Å². The van der Waals surface area contributed by atoms with E-state index in [-0.39, 0.29) is 5.41 Å². The van der Waals surface area contributed by atoms with Crippen molar-refractivity contribution in [1.82, 2.24) is 0 Å². The van der Waals surface area contributed by atoms with E-state index in [4.69, 9.17) is 15.5 Å². The minimum Gasteiger partial charge on any atom is -0.496 e. The third kappa shape index (κ3) is 1.81. The number of aryl methyl sites for hydroxylation is 2. The fourth-order valence-corrected chi connectivity index (χ4v) is 2.41. The molecule has 0 heterocycles. The second kappa shape index (κ2) is 4.07. The van der Waals surface area contributed by atoms with Crippen LogP contribution >= 0.6 is 0 Å². The summed E-state index contributed by atoms with van der Waals surface area (Å²) in [5.74, 6) is 6.18. The van der Waals surface area contributed by atoms with Crippen LogP contribution in [0.3, 0.4) is 0 Å². The molecule has 1 saturated carbocycles. The van der Waals surface area contributed by atoms with Gasteiger partial charge in [0, 0.05) is 5.41 Å². The van der Waals surface area contributed by atoms with Gasteiger partial charge in [-0.25, -0.2) is 5.90 Å². The Morgan fingerprint density at radius 3 is 2.19 bits per heavy atom. The molecule has 2 rings (SSSR count). The molecule has 88 valence electrons. The van der Waals surface area contributed by atoms with Gasteiger partial charge in [-0.2, -0.15) is 0 Å². The first-order valence-electron chi connectivity index (χ1n) is 5.60. The van der Waals surface area contributed by atoms with Gasteiger partial charge in [0.05, 0.1) is 13.7 Å². The van der Waals surface area contributed by atoms with Crippen molar-refractivity contribution in [1.29, 1.82) is 0 Å². The predicted octanol–water partition coefficient (Wildman–Crippen LogP) is 2.23. The normalized spacial score (nSPS) is 17.2. The molecule has 1 aliphatic carbocycles. The molecule has 1 aliphatic rings. The highest BCUT2D eigenvalue weighted by molar-refractivity contribution is 5.47. The van der Waals surface area contributed by atoms with E-state index in [2.05, 4.69) is 26.0 Å². The lowest BCUT2D eigenvalue weighted by atomic mass is 9.93. The molecular weight excluding hydrogens is 202 g/mol. The maximum atomic E-state index is 5.37. The van der Waals surface area contributed by atoms with Crippen molar-refractivity contribution >= 4 is 0 Å². The summed E-state index contributed by atoms with van der Waals surface area (Å²) in [6.45, 7) is 4.77. The minimum atomic E-state index is 0.163. The van der Waals surface area contributed by atoms with Gasteiger partial charge in [0.25, 0.3) is 0 Å². The van der Waals surface area contributed by atoms with Crippen LogP contribution in [0.4, 0.5) is 0 Å². The van der Waals surface area contributed by atoms with E-state index >= 15 is 0 Å². The van der Waals surface area contributed by atoms with E-state index < -0.39 is 0 Å². The molecule has 0 bridgehead atoms. The third-order valence-corrected chi connectivity index (χ3v) is 3.49. The van der Waals surface area contributed by atoms with Gasteiger partial charge in [-0.3, -0.25) is 0 Å². The van der Waals surface area contributed by atoms with E-state index in [9.17, 15) is 0 Å². The molecule has 0 spiro atoms. The molecule has 0 unspecified atom stereocenters. The molecule has 3 heteroatoms. The topological polar surface area (TPSA) is 44.5 Å². The van der Waals surface area contributed by atoms with E-state index in [0.717, 1.165) is 18.6 Å². The lowest BCUT2D eigenvalue weighted by molar-refractivity contribution is 0.116. The second-order valence-electron chi connectivity index (χ2n) is 4.73. The summed E-state index contributed by atoms with van der Waals surface area (Å²) >= 11 is 0. The largest absolute Gasteiger partial charge is 0.496 e. The summed E-state index contributed by atoms with van der Waals surface area (Å²) in [6, 6.07) is 4.38. The number of rotatable bonds is 4. The van der Waals surface area contributed by atoms with Crippen molar-refractivity contribution in [2.75, 3.05) is 13.7 Å². The molecule has 1 aromatic rings. The molecule has 0 saturated heterocycles. The maximum absolute atomic E-state index is 5.37. The predicted molar refractivity (Wildman–Crippen MR) is 63.5 cm³/mol. The van der Waals surface area contributed by atoms with Crippen LogP contribution in [0.15, 0.2) is 12.1 Å². The van der Waals surface area contributed by atoms with Crippen molar-refractivity contribution in [3.8, 4) is 5.75 Å². The van der Waals surface area contributed by atoms with Crippen LogP contribution in [-0.4, -0.2) is 13.7 Å². The van der Waals surface area contributed by atoms with Gasteiger partial charge < -0.3 is 9.57 Å². The fourth-order valence-electron chi connectivity index (χ4n) is 2.41. The van der Waals surface area contributed by atoms with Gasteiger partial charge in [0.15, 0.2) is 0 Å². The molecule has 0 atom stereocenters. The summed E-state index contributed by atoms with van der Waals surface area (Å²) in [7, 11) is 1.71. The zero-order valence-corrected chi connectivity index (χ0v) is 10.2. The highest BCUT2D eigenvalue weighted by atomic mass is 16.6. The number of methoxy groups -OCH3 is 1. The lowest BCUT2D eigenvalue weighted by Gasteiger charge is -2.17. The zero-order chi connectivity index (χ0) is 11.8. The molecule has 1 aromatic carbocycles. The van der Waals surface area contributed by atoms with E-state index in [1.165, 1.54) is 16.7 Å². The van der Waals surface area contributed by atoms with Gasteiger partial charge in [-0.15, -0.1) is 0 Å². The van der Waals surface area contributed by atoms with Crippen molar-refractivity contribution in [3.63, 3.8) is 0 Å². The monoisotopic (exact) mass is 221 g/mol. The Labute approximate surface area is 96.5 Å². The summed E-state index contributed by atoms with van der Waals surface area (Å²) < 4.78 is 5.37. The van der Waals surface area contributed by atoms with Crippen molar-refractivity contribution in [3.05, 3.63) is 28.8 Å². The molecule has 0 amide bonds. The zero-order valence-electron chi connectivity index (χ0n) is 10.2. The second-order valence-corrected chi connectivity index (χ2v) is 4.73. The van der Waals surface area contributed by atoms with E-state index in [0.29, 0.717) is 6.61 Å². The Bertz CT molecular complexity index is 374. The number of nitrogens with two attached hydrogens (primary N) is 1. The van der Waals surface area contributed by atoms with Crippen molar-refractivity contribution in [2.45, 2.75) is 32.1 Å². The molecule has 0 aromatic heterocycles. The quantitative estimate of drug-likeness (QED) is 0.793. The van der Waals surface area contributed by atoms with Crippen LogP contribution in [0.25, 0.3) is 0 Å². The molecular formula is C13H19NO2. The highest BCUT2D eigenvalue weighted by Gasteiger charge is 2.44. The Morgan fingerprint density at radius 1 is 1.25 bits per heavy atom. The Kier molecular flexibility index (Phi) is 2.91. The number of ether oxygens (including phenoxy) is 1. The Morgan fingerprint density at radius 2 is 1.81 bits per heavy atom. The maximum Gasteiger partial charge on any atom is 0.124 e. The third-order valence-electron chi connectivity index (χ3n) is 3.49. The van der Waals surface area contributed by atoms with Crippen molar-refractivity contribution < 1.29 is 9.57 Å². The number of hydrogen-bond acceptors (Lipinski definition) is 3. The lowest BCUT2D eigenvalue weighted by Crippen LogP contribution is -2.18. The molecule has 3 nitrogen and oxygen atoms in total. The Hall–Kier alpha value is -1.06. The number of hydrogen-bond donors (Lipinski definition) is 1. The molecule has 0 radical (unpaired) electrons. The molecule has 0 aliphatic heterocycles. The molecule has 16 heavy (non-hydrogen) atoms. The van der Waals surface area contributed by atoms with Crippen LogP contribution in [0.5, 0.6) is 5.75 Å². The van der Waals surface area contributed by atoms with Crippen LogP contribution < -0.4 is 10.6 Å². The van der Waals surface area contributed by atoms with Gasteiger partial charge in [0.1, 0.15) is 5.75 Å². The van der Waals surface area contributed by atoms with Crippen molar-refractivity contribution in [2.24, 2.45) is 5.90 Å². The summed E-state index contributed by atoms with van der Waals surface area (Å²) in [5.41, 5.74) is 3.85. The standard InChI is InChI=1S/C13H19NO2/c1-9-6-11(7-10(2)12(9)15-3)13(4-5-13)8-16-14/h6-7H,4-5,8,14H2,1-3H3. The summed E-state index contributed by atoms with van der Waals surface area (Å²) in [6.07, 6.45) is 2.32. The Balaban J connectivity index is 2.37. The summed E-state index contributed by atoms with van der Waals surface area (Å²) in [4.78, 5) is 4.83. The fraction of sp³-hybridized carbons (Fsp3) is 0.538. The van der Waals surface area contributed by atoms with Crippen LogP contribution in [0.2, 0.25) is 0 Å². The van der Waals surface area contributed by atoms with Gasteiger partial charge >= 0.3 is 0 Å². The average Bonchev–Trinajstić information content (AvgIpc) is 2.99. The van der Waals surface area contributed by atoms with Gasteiger partial charge in [-0.05, 0) is 43.4 Å². The first kappa shape index (κ1) is 11.4. The highest BCUT2D eigenvalue weighted by Crippen LogP contribution is 2.49. The van der Waals surface area contributed by atoms with Crippen LogP contribution in [-0.2, 0) is 10.3 Å². The van der Waals surface area contributed by atoms with Crippen LogP contribution in [0, 0.1) is 13.8 Å². The summed E-state index contributed by atoms with van der Waals surface area (Å²) in [5, 5.41) is 0. The average molecular weight is 221 g/mol. The minimum absolute atomic E-state index is 0.163. The number of benzene rings is 1. The smallest absolute Gasteiger partial charge is 0.124 e. The van der Waals surface area contributed by atoms with E-state index in [1.807, 2.05) is 0 Å². The van der Waals surface area contributed by atoms with Crippen LogP contribution in [0.1, 0.15) is 29.5 Å². The SMILES string of the molecule is COc1c(C)cc(C2(CON)CC2)cc1C.